The van der Waals surface area contributed by atoms with E-state index < -0.39 is 57.9 Å². The van der Waals surface area contributed by atoms with E-state index in [0.29, 0.717) is 0 Å². The lowest BCUT2D eigenvalue weighted by atomic mass is 10.0. The average Bonchev–Trinajstić information content (AvgIpc) is 2.76. The monoisotopic (exact) mass is 462 g/mol. The van der Waals surface area contributed by atoms with Crippen LogP contribution in [0.4, 0.5) is 0 Å². The van der Waals surface area contributed by atoms with Gasteiger partial charge in [-0.25, -0.2) is 0 Å². The van der Waals surface area contributed by atoms with Gasteiger partial charge in [-0.1, -0.05) is 36.4 Å². The lowest BCUT2D eigenvalue weighted by molar-refractivity contribution is -0.118. The molecule has 10 nitrogen and oxygen atoms in total. The molecule has 0 saturated carbocycles. The molecule has 2 aromatic carbocycles. The Morgan fingerprint density at radius 2 is 0.900 bits per heavy atom. The summed E-state index contributed by atoms with van der Waals surface area (Å²) in [6, 6.07) is 14.1. The van der Waals surface area contributed by atoms with Gasteiger partial charge in [0, 0.05) is 0 Å². The molecule has 0 amide bonds. The van der Waals surface area contributed by atoms with Crippen LogP contribution in [0.25, 0.3) is 0 Å². The van der Waals surface area contributed by atoms with Gasteiger partial charge < -0.3 is 20.4 Å². The molecule has 0 radical (unpaired) electrons. The standard InChI is InChI=1S/C18H22O10S2/c19-15(11-27-29(23,24)13-7-3-1-4-8-13)17(21)18(22)16(20)12-28-30(25,26)14-9-5-2-6-10-14/h1-10,15-22H,11-12H2/t15-,16-,17-,18-/m1/s1. The molecule has 4 N–H and O–H groups in total. The maximum Gasteiger partial charge on any atom is 0.297 e. The Bertz CT molecular complexity index is 910. The van der Waals surface area contributed by atoms with Crippen LogP contribution in [-0.2, 0) is 28.6 Å². The van der Waals surface area contributed by atoms with Gasteiger partial charge in [0.2, 0.25) is 0 Å². The predicted octanol–water partition coefficient (Wildman–Crippen LogP) is -0.759. The molecule has 0 aromatic heterocycles. The first kappa shape index (κ1) is 24.4. The molecule has 0 spiro atoms. The topological polar surface area (TPSA) is 168 Å². The van der Waals surface area contributed by atoms with Crippen LogP contribution in [0.1, 0.15) is 0 Å². The first-order valence-electron chi connectivity index (χ1n) is 8.66. The highest BCUT2D eigenvalue weighted by molar-refractivity contribution is 7.87. The molecule has 2 aromatic rings. The highest BCUT2D eigenvalue weighted by Crippen LogP contribution is 2.15. The fourth-order valence-electron chi connectivity index (χ4n) is 2.28. The molecule has 0 saturated heterocycles. The molecule has 0 unspecified atom stereocenters. The maximum absolute atomic E-state index is 12.0. The van der Waals surface area contributed by atoms with Crippen molar-refractivity contribution in [3.8, 4) is 0 Å². The fourth-order valence-corrected chi connectivity index (χ4v) is 4.17. The van der Waals surface area contributed by atoms with Crippen molar-refractivity contribution in [1.82, 2.24) is 0 Å². The largest absolute Gasteiger partial charge is 0.388 e. The molecule has 2 rings (SSSR count). The third kappa shape index (κ3) is 6.55. The molecule has 0 aliphatic rings. The van der Waals surface area contributed by atoms with Gasteiger partial charge in [0.05, 0.1) is 23.0 Å². The second-order valence-corrected chi connectivity index (χ2v) is 9.45. The summed E-state index contributed by atoms with van der Waals surface area (Å²) in [7, 11) is -8.43. The molecule has 166 valence electrons. The van der Waals surface area contributed by atoms with Gasteiger partial charge in [0.1, 0.15) is 24.4 Å². The van der Waals surface area contributed by atoms with E-state index in [0.717, 1.165) is 0 Å². The van der Waals surface area contributed by atoms with Crippen molar-refractivity contribution < 1.29 is 45.6 Å². The van der Waals surface area contributed by atoms with E-state index in [-0.39, 0.29) is 9.79 Å². The summed E-state index contributed by atoms with van der Waals surface area (Å²) in [5.74, 6) is 0. The van der Waals surface area contributed by atoms with Gasteiger partial charge in [-0.3, -0.25) is 8.37 Å². The molecule has 30 heavy (non-hydrogen) atoms. The smallest absolute Gasteiger partial charge is 0.297 e. The van der Waals surface area contributed by atoms with Crippen LogP contribution in [0.3, 0.4) is 0 Å². The Morgan fingerprint density at radius 3 is 1.20 bits per heavy atom. The minimum absolute atomic E-state index is 0.174. The van der Waals surface area contributed by atoms with Crippen molar-refractivity contribution in [3.05, 3.63) is 60.7 Å². The Morgan fingerprint density at radius 1 is 0.600 bits per heavy atom. The zero-order valence-corrected chi connectivity index (χ0v) is 17.2. The summed E-state index contributed by atoms with van der Waals surface area (Å²) >= 11 is 0. The van der Waals surface area contributed by atoms with Gasteiger partial charge >= 0.3 is 0 Å². The van der Waals surface area contributed by atoms with Crippen LogP contribution in [-0.4, -0.2) is 74.9 Å². The molecular formula is C18H22O10S2. The molecule has 0 aliphatic heterocycles. The van der Waals surface area contributed by atoms with E-state index in [1.807, 2.05) is 0 Å². The molecule has 0 fully saturated rings. The van der Waals surface area contributed by atoms with Crippen LogP contribution < -0.4 is 0 Å². The molecule has 4 atom stereocenters. The van der Waals surface area contributed by atoms with Gasteiger partial charge in [-0.15, -0.1) is 0 Å². The number of aliphatic hydroxyl groups is 4. The van der Waals surface area contributed by atoms with Gasteiger partial charge in [-0.2, -0.15) is 16.8 Å². The second-order valence-electron chi connectivity index (χ2n) is 6.22. The van der Waals surface area contributed by atoms with Crippen LogP contribution in [0.5, 0.6) is 0 Å². The third-order valence-corrected chi connectivity index (χ3v) is 6.58. The summed E-state index contributed by atoms with van der Waals surface area (Å²) in [6.45, 7) is -1.82. The maximum atomic E-state index is 12.0. The number of aliphatic hydroxyl groups excluding tert-OH is 4. The van der Waals surface area contributed by atoms with Gasteiger partial charge in [0.15, 0.2) is 0 Å². The summed E-state index contributed by atoms with van der Waals surface area (Å²) in [5.41, 5.74) is 0. The number of benzene rings is 2. The molecular weight excluding hydrogens is 440 g/mol. The van der Waals surface area contributed by atoms with Crippen molar-refractivity contribution in [3.63, 3.8) is 0 Å². The van der Waals surface area contributed by atoms with Crippen LogP contribution in [0.15, 0.2) is 70.5 Å². The van der Waals surface area contributed by atoms with Crippen molar-refractivity contribution in [2.45, 2.75) is 34.2 Å². The van der Waals surface area contributed by atoms with E-state index in [1.165, 1.54) is 48.5 Å². The van der Waals surface area contributed by atoms with Crippen molar-refractivity contribution in [2.24, 2.45) is 0 Å². The predicted molar refractivity (Wildman–Crippen MR) is 103 cm³/mol. The molecule has 0 bridgehead atoms. The lowest BCUT2D eigenvalue weighted by Crippen LogP contribution is -2.48. The number of hydrogen-bond donors (Lipinski definition) is 4. The van der Waals surface area contributed by atoms with E-state index in [9.17, 15) is 37.3 Å². The van der Waals surface area contributed by atoms with Crippen LogP contribution >= 0.6 is 0 Å². The van der Waals surface area contributed by atoms with Gasteiger partial charge in [-0.05, 0) is 24.3 Å². The van der Waals surface area contributed by atoms with Crippen molar-refractivity contribution >= 4 is 20.2 Å². The molecule has 12 heteroatoms. The summed E-state index contributed by atoms with van der Waals surface area (Å²) in [5, 5.41) is 39.6. The van der Waals surface area contributed by atoms with E-state index in [1.54, 1.807) is 12.1 Å². The van der Waals surface area contributed by atoms with Crippen molar-refractivity contribution in [2.75, 3.05) is 13.2 Å². The van der Waals surface area contributed by atoms with E-state index >= 15 is 0 Å². The summed E-state index contributed by atoms with van der Waals surface area (Å²) in [4.78, 5) is -0.349. The minimum Gasteiger partial charge on any atom is -0.388 e. The van der Waals surface area contributed by atoms with E-state index in [4.69, 9.17) is 0 Å². The normalized spacial score (nSPS) is 16.5. The first-order chi connectivity index (χ1) is 14.0. The number of rotatable bonds is 11. The average molecular weight is 462 g/mol. The Balaban J connectivity index is 1.90. The second kappa shape index (κ2) is 10.4. The van der Waals surface area contributed by atoms with Crippen LogP contribution in [0.2, 0.25) is 0 Å². The summed E-state index contributed by atoms with van der Waals surface area (Å²) in [6.07, 6.45) is -7.90. The lowest BCUT2D eigenvalue weighted by Gasteiger charge is -2.26. The third-order valence-electron chi connectivity index (χ3n) is 3.99. The summed E-state index contributed by atoms with van der Waals surface area (Å²) < 4.78 is 57.3. The van der Waals surface area contributed by atoms with Gasteiger partial charge in [0.25, 0.3) is 20.2 Å². The Kier molecular flexibility index (Phi) is 8.46. The van der Waals surface area contributed by atoms with E-state index in [2.05, 4.69) is 8.37 Å². The Hall–Kier alpha value is -1.90. The quantitative estimate of drug-likeness (QED) is 0.312. The van der Waals surface area contributed by atoms with Crippen LogP contribution in [0, 0.1) is 0 Å². The van der Waals surface area contributed by atoms with Crippen molar-refractivity contribution in [1.29, 1.82) is 0 Å². The SMILES string of the molecule is O=S(=O)(OC[C@@H](O)[C@@H](O)[C@H](O)[C@H](O)COS(=O)(=O)c1ccccc1)c1ccccc1. The zero-order chi connectivity index (χ0) is 22.4. The Labute approximate surface area is 174 Å². The molecule has 0 aliphatic carbocycles. The zero-order valence-electron chi connectivity index (χ0n) is 15.6. The highest BCUT2D eigenvalue weighted by Gasteiger charge is 2.33. The fraction of sp³-hybridized carbons (Fsp3) is 0.333. The molecule has 0 heterocycles. The minimum atomic E-state index is -4.21. The highest BCUT2D eigenvalue weighted by atomic mass is 32.2. The first-order valence-corrected chi connectivity index (χ1v) is 11.5. The number of hydrogen-bond acceptors (Lipinski definition) is 10.